The molecule has 106 valence electrons. The van der Waals surface area contributed by atoms with Gasteiger partial charge in [0.2, 0.25) is 0 Å². The molecule has 0 aliphatic heterocycles. The second kappa shape index (κ2) is 6.35. The molecule has 2 rings (SSSR count). The van der Waals surface area contributed by atoms with Crippen LogP contribution >= 0.6 is 0 Å². The lowest BCUT2D eigenvalue weighted by molar-refractivity contribution is 0.282. The Morgan fingerprint density at radius 3 is 2.68 bits per heavy atom. The standard InChI is InChI=1S/C15H23FN2O/c1-11(17)12-6-7-15(14(16)10-12)18(8-3-9-19)13-4-2-5-13/h6-7,10-11,13,19H,2-5,8-9,17H2,1H3/t11-/m1/s1. The van der Waals surface area contributed by atoms with Gasteiger partial charge < -0.3 is 15.7 Å². The zero-order valence-electron chi connectivity index (χ0n) is 11.5. The van der Waals surface area contributed by atoms with E-state index in [1.54, 1.807) is 0 Å². The molecule has 0 aromatic heterocycles. The highest BCUT2D eigenvalue weighted by atomic mass is 19.1. The summed E-state index contributed by atoms with van der Waals surface area (Å²) in [7, 11) is 0. The monoisotopic (exact) mass is 266 g/mol. The van der Waals surface area contributed by atoms with Crippen LogP contribution in [0.3, 0.4) is 0 Å². The van der Waals surface area contributed by atoms with Gasteiger partial charge in [-0.3, -0.25) is 0 Å². The van der Waals surface area contributed by atoms with Crippen molar-refractivity contribution in [3.63, 3.8) is 0 Å². The molecule has 0 spiro atoms. The molecule has 1 aromatic carbocycles. The summed E-state index contributed by atoms with van der Waals surface area (Å²) in [6.45, 7) is 2.70. The number of rotatable bonds is 6. The first-order valence-corrected chi connectivity index (χ1v) is 7.06. The van der Waals surface area contributed by atoms with Gasteiger partial charge in [-0.2, -0.15) is 0 Å². The molecule has 0 unspecified atom stereocenters. The smallest absolute Gasteiger partial charge is 0.146 e. The first-order valence-electron chi connectivity index (χ1n) is 7.06. The fraction of sp³-hybridized carbons (Fsp3) is 0.600. The minimum atomic E-state index is -0.209. The van der Waals surface area contributed by atoms with Crippen molar-refractivity contribution in [2.45, 2.75) is 44.7 Å². The van der Waals surface area contributed by atoms with E-state index in [1.165, 1.54) is 12.5 Å². The van der Waals surface area contributed by atoms with Gasteiger partial charge in [-0.15, -0.1) is 0 Å². The quantitative estimate of drug-likeness (QED) is 0.832. The van der Waals surface area contributed by atoms with Gasteiger partial charge in [0.1, 0.15) is 5.82 Å². The lowest BCUT2D eigenvalue weighted by Gasteiger charge is -2.39. The Bertz CT molecular complexity index is 419. The van der Waals surface area contributed by atoms with Gasteiger partial charge >= 0.3 is 0 Å². The molecule has 0 heterocycles. The molecule has 4 heteroatoms. The van der Waals surface area contributed by atoms with Crippen LogP contribution in [0, 0.1) is 5.82 Å². The molecule has 3 N–H and O–H groups in total. The van der Waals surface area contributed by atoms with Gasteiger partial charge in [0.05, 0.1) is 5.69 Å². The van der Waals surface area contributed by atoms with E-state index in [0.717, 1.165) is 18.4 Å². The average Bonchev–Trinajstić information content (AvgIpc) is 2.32. The third-order valence-corrected chi connectivity index (χ3v) is 3.88. The number of benzene rings is 1. The summed E-state index contributed by atoms with van der Waals surface area (Å²) in [5, 5.41) is 8.98. The van der Waals surface area contributed by atoms with Crippen molar-refractivity contribution in [3.05, 3.63) is 29.6 Å². The van der Waals surface area contributed by atoms with Crippen molar-refractivity contribution in [1.29, 1.82) is 0 Å². The molecule has 19 heavy (non-hydrogen) atoms. The molecular weight excluding hydrogens is 243 g/mol. The molecule has 1 saturated carbocycles. The SMILES string of the molecule is C[C@@H](N)c1ccc(N(CCCO)C2CCC2)c(F)c1. The number of hydrogen-bond acceptors (Lipinski definition) is 3. The molecule has 1 atom stereocenters. The lowest BCUT2D eigenvalue weighted by atomic mass is 9.90. The number of aliphatic hydroxyl groups is 1. The predicted octanol–water partition coefficient (Wildman–Crippen LogP) is 2.59. The molecule has 3 nitrogen and oxygen atoms in total. The second-order valence-electron chi connectivity index (χ2n) is 5.35. The van der Waals surface area contributed by atoms with Gasteiger partial charge in [-0.05, 0) is 50.3 Å². The summed E-state index contributed by atoms with van der Waals surface area (Å²) in [5.41, 5.74) is 7.23. The first kappa shape index (κ1) is 14.3. The van der Waals surface area contributed by atoms with Crippen LogP contribution in [-0.4, -0.2) is 24.3 Å². The first-order chi connectivity index (χ1) is 9.13. The Kier molecular flexibility index (Phi) is 4.77. The predicted molar refractivity (Wildman–Crippen MR) is 75.7 cm³/mol. The highest BCUT2D eigenvalue weighted by Crippen LogP contribution is 2.32. The van der Waals surface area contributed by atoms with E-state index >= 15 is 0 Å². The Morgan fingerprint density at radius 2 is 2.21 bits per heavy atom. The zero-order chi connectivity index (χ0) is 13.8. The number of aliphatic hydroxyl groups excluding tert-OH is 1. The van der Waals surface area contributed by atoms with Crippen LogP contribution in [0.2, 0.25) is 0 Å². The van der Waals surface area contributed by atoms with E-state index in [2.05, 4.69) is 4.90 Å². The fourth-order valence-electron chi connectivity index (χ4n) is 2.48. The molecule has 1 fully saturated rings. The zero-order valence-corrected chi connectivity index (χ0v) is 11.5. The fourth-order valence-corrected chi connectivity index (χ4v) is 2.48. The van der Waals surface area contributed by atoms with Crippen molar-refractivity contribution >= 4 is 5.69 Å². The maximum Gasteiger partial charge on any atom is 0.146 e. The van der Waals surface area contributed by atoms with Crippen LogP contribution in [0.4, 0.5) is 10.1 Å². The highest BCUT2D eigenvalue weighted by Gasteiger charge is 2.26. The molecule has 0 amide bonds. The van der Waals surface area contributed by atoms with Crippen LogP contribution in [0.15, 0.2) is 18.2 Å². The Morgan fingerprint density at radius 1 is 1.47 bits per heavy atom. The number of anilines is 1. The molecule has 1 aliphatic rings. The topological polar surface area (TPSA) is 49.5 Å². The largest absolute Gasteiger partial charge is 0.396 e. The van der Waals surface area contributed by atoms with Crippen LogP contribution < -0.4 is 10.6 Å². The van der Waals surface area contributed by atoms with E-state index in [4.69, 9.17) is 10.8 Å². The van der Waals surface area contributed by atoms with E-state index in [0.29, 0.717) is 24.7 Å². The van der Waals surface area contributed by atoms with Gasteiger partial charge in [-0.1, -0.05) is 6.07 Å². The number of halogens is 1. The molecule has 0 bridgehead atoms. The van der Waals surface area contributed by atoms with Crippen molar-refractivity contribution in [2.24, 2.45) is 5.73 Å². The summed E-state index contributed by atoms with van der Waals surface area (Å²) in [6, 6.07) is 5.52. The molecule has 0 radical (unpaired) electrons. The highest BCUT2D eigenvalue weighted by molar-refractivity contribution is 5.51. The Hall–Kier alpha value is -1.13. The molecule has 1 aliphatic carbocycles. The van der Waals surface area contributed by atoms with Crippen LogP contribution in [0.5, 0.6) is 0 Å². The second-order valence-corrected chi connectivity index (χ2v) is 5.35. The third-order valence-electron chi connectivity index (χ3n) is 3.88. The van der Waals surface area contributed by atoms with E-state index < -0.39 is 0 Å². The number of nitrogens with zero attached hydrogens (tertiary/aromatic N) is 1. The summed E-state index contributed by atoms with van der Waals surface area (Å²) >= 11 is 0. The van der Waals surface area contributed by atoms with Crippen LogP contribution in [0.25, 0.3) is 0 Å². The summed E-state index contributed by atoms with van der Waals surface area (Å²) in [5.74, 6) is -0.209. The normalized spacial score (nSPS) is 17.1. The maximum absolute atomic E-state index is 14.2. The molecule has 0 saturated heterocycles. The van der Waals surface area contributed by atoms with E-state index in [1.807, 2.05) is 19.1 Å². The number of hydrogen-bond donors (Lipinski definition) is 2. The van der Waals surface area contributed by atoms with Gasteiger partial charge in [0, 0.05) is 25.2 Å². The van der Waals surface area contributed by atoms with Crippen molar-refractivity contribution in [2.75, 3.05) is 18.1 Å². The van der Waals surface area contributed by atoms with Crippen LogP contribution in [-0.2, 0) is 0 Å². The third kappa shape index (κ3) is 3.25. The van der Waals surface area contributed by atoms with Crippen LogP contribution in [0.1, 0.15) is 44.2 Å². The van der Waals surface area contributed by atoms with E-state index in [-0.39, 0.29) is 18.5 Å². The minimum absolute atomic E-state index is 0.142. The number of nitrogens with two attached hydrogens (primary N) is 1. The lowest BCUT2D eigenvalue weighted by Crippen LogP contribution is -2.41. The average molecular weight is 266 g/mol. The summed E-state index contributed by atoms with van der Waals surface area (Å²) in [6.07, 6.45) is 4.10. The summed E-state index contributed by atoms with van der Waals surface area (Å²) in [4.78, 5) is 2.10. The Balaban J connectivity index is 2.20. The van der Waals surface area contributed by atoms with Crippen molar-refractivity contribution in [1.82, 2.24) is 0 Å². The van der Waals surface area contributed by atoms with Gasteiger partial charge in [-0.25, -0.2) is 4.39 Å². The maximum atomic E-state index is 14.2. The summed E-state index contributed by atoms with van der Waals surface area (Å²) < 4.78 is 14.2. The molecule has 1 aromatic rings. The van der Waals surface area contributed by atoms with E-state index in [9.17, 15) is 4.39 Å². The van der Waals surface area contributed by atoms with Gasteiger partial charge in [0.15, 0.2) is 0 Å². The molecular formula is C15H23FN2O. The van der Waals surface area contributed by atoms with Crippen molar-refractivity contribution < 1.29 is 9.50 Å². The minimum Gasteiger partial charge on any atom is -0.396 e. The van der Waals surface area contributed by atoms with Gasteiger partial charge in [0.25, 0.3) is 0 Å². The Labute approximate surface area is 114 Å². The van der Waals surface area contributed by atoms with Crippen molar-refractivity contribution in [3.8, 4) is 0 Å².